The van der Waals surface area contributed by atoms with E-state index < -0.39 is 0 Å². The van der Waals surface area contributed by atoms with Crippen LogP contribution < -0.4 is 4.90 Å². The lowest BCUT2D eigenvalue weighted by atomic mass is 9.82. The van der Waals surface area contributed by atoms with Crippen LogP contribution >= 0.6 is 0 Å². The Morgan fingerprint density at radius 2 is 0.960 bits per heavy atom. The van der Waals surface area contributed by atoms with Crippen LogP contribution in [-0.4, -0.2) is 0 Å². The molecule has 0 bridgehead atoms. The number of hydrogen-bond donors (Lipinski definition) is 0. The first kappa shape index (κ1) is 28.8. The van der Waals surface area contributed by atoms with Gasteiger partial charge in [0.1, 0.15) is 0 Å². The van der Waals surface area contributed by atoms with E-state index in [9.17, 15) is 0 Å². The maximum absolute atomic E-state index is 2.48. The van der Waals surface area contributed by atoms with Gasteiger partial charge in [-0.15, -0.1) is 0 Å². The Labute approximate surface area is 293 Å². The number of hydrogen-bond acceptors (Lipinski definition) is 1. The fourth-order valence-electron chi connectivity index (χ4n) is 8.48. The minimum atomic E-state index is -0.0986. The molecule has 236 valence electrons. The third-order valence-corrected chi connectivity index (χ3v) is 11.0. The summed E-state index contributed by atoms with van der Waals surface area (Å²) < 4.78 is 0. The molecule has 0 saturated heterocycles. The zero-order valence-electron chi connectivity index (χ0n) is 28.2. The van der Waals surface area contributed by atoms with E-state index in [0.717, 1.165) is 11.4 Å². The fourth-order valence-corrected chi connectivity index (χ4v) is 8.48. The minimum absolute atomic E-state index is 0.0986. The van der Waals surface area contributed by atoms with Gasteiger partial charge >= 0.3 is 0 Å². The molecule has 0 heterocycles. The van der Waals surface area contributed by atoms with Crippen LogP contribution in [0.5, 0.6) is 0 Å². The first-order valence-electron chi connectivity index (χ1n) is 17.5. The van der Waals surface area contributed by atoms with E-state index in [2.05, 4.69) is 195 Å². The fraction of sp³-hybridized carbons (Fsp3) is 0.0612. The summed E-state index contributed by atoms with van der Waals surface area (Å²) in [5, 5.41) is 7.74. The van der Waals surface area contributed by atoms with Crippen molar-refractivity contribution in [2.24, 2.45) is 0 Å². The Morgan fingerprint density at radius 3 is 1.76 bits per heavy atom. The second-order valence-electron chi connectivity index (χ2n) is 14.2. The summed E-state index contributed by atoms with van der Waals surface area (Å²) in [5.74, 6) is 0. The molecule has 0 fully saturated rings. The van der Waals surface area contributed by atoms with E-state index in [0.29, 0.717) is 0 Å². The summed E-state index contributed by atoms with van der Waals surface area (Å²) in [6, 6.07) is 65.0. The lowest BCUT2D eigenvalue weighted by Crippen LogP contribution is -2.16. The molecule has 9 aromatic carbocycles. The third-order valence-electron chi connectivity index (χ3n) is 11.0. The number of fused-ring (bicyclic) bond motifs is 3. The van der Waals surface area contributed by atoms with Gasteiger partial charge in [-0.3, -0.25) is 0 Å². The molecule has 0 radical (unpaired) electrons. The van der Waals surface area contributed by atoms with Gasteiger partial charge in [-0.05, 0) is 102 Å². The second kappa shape index (κ2) is 10.9. The zero-order chi connectivity index (χ0) is 33.4. The molecule has 0 amide bonds. The molecule has 0 saturated carbocycles. The standard InChI is InChI=1S/C49H35N/c1-49(2)44-17-7-6-16-41(44)42-28-26-40(31-45(42)49)50(46-29-25-37-23-22-35-12-8-13-36-24-27-43(46)48(37)47(35)36)39-15-9-14-38(30-39)34-20-18-33(19-21-34)32-10-4-3-5-11-32/h3-31H,1-2H3. The van der Waals surface area contributed by atoms with E-state index in [1.165, 1.54) is 82.5 Å². The van der Waals surface area contributed by atoms with Gasteiger partial charge in [0.25, 0.3) is 0 Å². The lowest BCUT2D eigenvalue weighted by molar-refractivity contribution is 0.660. The van der Waals surface area contributed by atoms with Crippen molar-refractivity contribution in [2.45, 2.75) is 19.3 Å². The Kier molecular flexibility index (Phi) is 6.29. The van der Waals surface area contributed by atoms with Gasteiger partial charge in [0, 0.05) is 22.2 Å². The van der Waals surface area contributed by atoms with Crippen LogP contribution in [-0.2, 0) is 5.41 Å². The molecule has 1 aliphatic carbocycles. The summed E-state index contributed by atoms with van der Waals surface area (Å²) >= 11 is 0. The molecule has 1 aliphatic rings. The SMILES string of the molecule is CC1(C)c2ccccc2-c2ccc(N(c3cccc(-c4ccc(-c5ccccc5)cc4)c3)c3ccc4ccc5cccc6ccc3c4c56)cc21. The predicted molar refractivity (Wildman–Crippen MR) is 213 cm³/mol. The van der Waals surface area contributed by atoms with Crippen LogP contribution in [0.1, 0.15) is 25.0 Å². The van der Waals surface area contributed by atoms with Gasteiger partial charge < -0.3 is 4.90 Å². The molecule has 50 heavy (non-hydrogen) atoms. The minimum Gasteiger partial charge on any atom is -0.310 e. The van der Waals surface area contributed by atoms with Crippen molar-refractivity contribution in [1.29, 1.82) is 0 Å². The van der Waals surface area contributed by atoms with Crippen molar-refractivity contribution < 1.29 is 0 Å². The zero-order valence-corrected chi connectivity index (χ0v) is 28.2. The number of benzene rings is 9. The molecular formula is C49H35N. The second-order valence-corrected chi connectivity index (χ2v) is 14.2. The maximum atomic E-state index is 2.48. The number of rotatable bonds is 5. The lowest BCUT2D eigenvalue weighted by Gasteiger charge is -2.30. The van der Waals surface area contributed by atoms with Gasteiger partial charge in [-0.1, -0.05) is 159 Å². The molecule has 0 atom stereocenters. The highest BCUT2D eigenvalue weighted by atomic mass is 15.1. The molecule has 0 aliphatic heterocycles. The van der Waals surface area contributed by atoms with Gasteiger partial charge in [-0.25, -0.2) is 0 Å². The smallest absolute Gasteiger partial charge is 0.0540 e. The van der Waals surface area contributed by atoms with Crippen LogP contribution in [0.2, 0.25) is 0 Å². The summed E-state index contributed by atoms with van der Waals surface area (Å²) in [7, 11) is 0. The largest absolute Gasteiger partial charge is 0.310 e. The Hall–Kier alpha value is -6.18. The van der Waals surface area contributed by atoms with Gasteiger partial charge in [-0.2, -0.15) is 0 Å². The predicted octanol–water partition coefficient (Wildman–Crippen LogP) is 13.7. The van der Waals surface area contributed by atoms with Crippen LogP contribution in [0.3, 0.4) is 0 Å². The Balaban J connectivity index is 1.18. The van der Waals surface area contributed by atoms with Crippen molar-refractivity contribution in [3.63, 3.8) is 0 Å². The van der Waals surface area contributed by atoms with Crippen LogP contribution in [0.4, 0.5) is 17.1 Å². The number of nitrogens with zero attached hydrogens (tertiary/aromatic N) is 1. The van der Waals surface area contributed by atoms with Crippen LogP contribution in [0.15, 0.2) is 176 Å². The monoisotopic (exact) mass is 637 g/mol. The summed E-state index contributed by atoms with van der Waals surface area (Å²) in [6.45, 7) is 4.73. The molecule has 0 unspecified atom stereocenters. The van der Waals surface area contributed by atoms with Gasteiger partial charge in [0.2, 0.25) is 0 Å². The molecule has 0 N–H and O–H groups in total. The molecule has 0 aromatic heterocycles. The quantitative estimate of drug-likeness (QED) is 0.170. The van der Waals surface area contributed by atoms with Crippen LogP contribution in [0.25, 0.3) is 65.7 Å². The van der Waals surface area contributed by atoms with Crippen molar-refractivity contribution in [3.8, 4) is 33.4 Å². The average Bonchev–Trinajstić information content (AvgIpc) is 3.40. The molecule has 10 rings (SSSR count). The molecule has 1 heteroatoms. The van der Waals surface area contributed by atoms with Crippen molar-refractivity contribution in [3.05, 3.63) is 187 Å². The highest BCUT2D eigenvalue weighted by Crippen LogP contribution is 2.51. The van der Waals surface area contributed by atoms with Crippen LogP contribution in [0, 0.1) is 0 Å². The summed E-state index contributed by atoms with van der Waals surface area (Å²) in [6.07, 6.45) is 0. The molecular weight excluding hydrogens is 603 g/mol. The van der Waals surface area contributed by atoms with Gasteiger partial charge in [0.15, 0.2) is 0 Å². The normalized spacial score (nSPS) is 13.2. The first-order valence-corrected chi connectivity index (χ1v) is 17.5. The molecule has 0 spiro atoms. The van der Waals surface area contributed by atoms with E-state index in [1.54, 1.807) is 0 Å². The Bertz CT molecular complexity index is 2700. The highest BCUT2D eigenvalue weighted by molar-refractivity contribution is 6.25. The van der Waals surface area contributed by atoms with E-state index in [-0.39, 0.29) is 5.41 Å². The van der Waals surface area contributed by atoms with Gasteiger partial charge in [0.05, 0.1) is 5.69 Å². The third kappa shape index (κ3) is 4.33. The van der Waals surface area contributed by atoms with E-state index in [4.69, 9.17) is 0 Å². The topological polar surface area (TPSA) is 3.24 Å². The van der Waals surface area contributed by atoms with E-state index >= 15 is 0 Å². The summed E-state index contributed by atoms with van der Waals surface area (Å²) in [5.41, 5.74) is 13.7. The maximum Gasteiger partial charge on any atom is 0.0540 e. The first-order chi connectivity index (χ1) is 24.5. The summed E-state index contributed by atoms with van der Waals surface area (Å²) in [4.78, 5) is 2.48. The van der Waals surface area contributed by atoms with Crippen molar-refractivity contribution in [1.82, 2.24) is 0 Å². The highest BCUT2D eigenvalue weighted by Gasteiger charge is 2.35. The molecule has 9 aromatic rings. The average molecular weight is 638 g/mol. The molecule has 1 nitrogen and oxygen atoms in total. The Morgan fingerprint density at radius 1 is 0.380 bits per heavy atom. The van der Waals surface area contributed by atoms with Crippen molar-refractivity contribution in [2.75, 3.05) is 4.90 Å². The number of anilines is 3. The van der Waals surface area contributed by atoms with E-state index in [1.807, 2.05) is 0 Å². The van der Waals surface area contributed by atoms with Crippen molar-refractivity contribution >= 4 is 49.4 Å².